The van der Waals surface area contributed by atoms with Crippen molar-refractivity contribution in [2.24, 2.45) is 0 Å². The average Bonchev–Trinajstić information content (AvgIpc) is 2.43. The molecule has 0 atom stereocenters. The van der Waals surface area contributed by atoms with Crippen LogP contribution < -0.4 is 5.32 Å². The zero-order chi connectivity index (χ0) is 14.7. The normalized spacial score (nSPS) is 10.1. The predicted molar refractivity (Wildman–Crippen MR) is 70.6 cm³/mol. The fourth-order valence-corrected chi connectivity index (χ4v) is 1.69. The van der Waals surface area contributed by atoms with Crippen LogP contribution in [0.2, 0.25) is 5.02 Å². The van der Waals surface area contributed by atoms with Crippen LogP contribution in [0, 0.1) is 5.82 Å². The lowest BCUT2D eigenvalue weighted by molar-refractivity contribution is 0.0690. The van der Waals surface area contributed by atoms with Crippen molar-refractivity contribution in [3.05, 3.63) is 58.6 Å². The highest BCUT2D eigenvalue weighted by molar-refractivity contribution is 6.33. The molecular weight excluding hydrogens is 287 g/mol. The van der Waals surface area contributed by atoms with Crippen molar-refractivity contribution in [3.8, 4) is 0 Å². The summed E-state index contributed by atoms with van der Waals surface area (Å²) in [5, 5.41) is 11.1. The van der Waals surface area contributed by atoms with Crippen LogP contribution in [0.15, 0.2) is 36.4 Å². The van der Waals surface area contributed by atoms with Gasteiger partial charge in [-0.25, -0.2) is 14.2 Å². The lowest BCUT2D eigenvalue weighted by atomic mass is 10.2. The van der Waals surface area contributed by atoms with Crippen LogP contribution in [-0.2, 0) is 0 Å². The number of halogens is 2. The van der Waals surface area contributed by atoms with E-state index in [9.17, 15) is 14.0 Å². The van der Waals surface area contributed by atoms with Crippen LogP contribution in [0.5, 0.6) is 0 Å². The summed E-state index contributed by atoms with van der Waals surface area (Å²) < 4.78 is 13.5. The highest BCUT2D eigenvalue weighted by atomic mass is 35.5. The first-order chi connectivity index (χ1) is 9.49. The summed E-state index contributed by atoms with van der Waals surface area (Å²) in [5.41, 5.74) is -0.608. The molecule has 0 bridgehead atoms. The maximum Gasteiger partial charge on any atom is 0.354 e. The maximum absolute atomic E-state index is 13.5. The molecule has 7 heteroatoms. The number of amides is 1. The SMILES string of the molecule is O=C(O)c1cccc(C(=O)Nc2c(F)cccc2Cl)n1. The summed E-state index contributed by atoms with van der Waals surface area (Å²) in [6.45, 7) is 0. The number of aromatic nitrogens is 1. The van der Waals surface area contributed by atoms with Crippen LogP contribution in [-0.4, -0.2) is 22.0 Å². The molecule has 20 heavy (non-hydrogen) atoms. The number of pyridine rings is 1. The third kappa shape index (κ3) is 2.92. The third-order valence-corrected chi connectivity index (χ3v) is 2.72. The van der Waals surface area contributed by atoms with E-state index in [1.165, 1.54) is 30.3 Å². The summed E-state index contributed by atoms with van der Waals surface area (Å²) in [5.74, 6) is -2.70. The van der Waals surface area contributed by atoms with Gasteiger partial charge in [0.2, 0.25) is 0 Å². The molecule has 5 nitrogen and oxygen atoms in total. The van der Waals surface area contributed by atoms with Crippen molar-refractivity contribution in [2.75, 3.05) is 5.32 Å². The van der Waals surface area contributed by atoms with Gasteiger partial charge in [0.1, 0.15) is 17.2 Å². The zero-order valence-corrected chi connectivity index (χ0v) is 10.7. The van der Waals surface area contributed by atoms with Gasteiger partial charge >= 0.3 is 5.97 Å². The minimum Gasteiger partial charge on any atom is -0.477 e. The number of nitrogens with zero attached hydrogens (tertiary/aromatic N) is 1. The van der Waals surface area contributed by atoms with E-state index in [1.54, 1.807) is 0 Å². The minimum atomic E-state index is -1.26. The number of hydrogen-bond acceptors (Lipinski definition) is 3. The van der Waals surface area contributed by atoms with E-state index in [0.717, 1.165) is 6.07 Å². The van der Waals surface area contributed by atoms with Crippen LogP contribution in [0.1, 0.15) is 21.0 Å². The lowest BCUT2D eigenvalue weighted by Gasteiger charge is -2.08. The van der Waals surface area contributed by atoms with Gasteiger partial charge in [-0.15, -0.1) is 0 Å². The number of carbonyl (C=O) groups is 2. The molecule has 0 unspecified atom stereocenters. The molecule has 1 aromatic carbocycles. The molecule has 0 aliphatic heterocycles. The van der Waals surface area contributed by atoms with Crippen LogP contribution in [0.4, 0.5) is 10.1 Å². The monoisotopic (exact) mass is 294 g/mol. The van der Waals surface area contributed by atoms with Gasteiger partial charge in [-0.1, -0.05) is 23.7 Å². The second-order valence-corrected chi connectivity index (χ2v) is 4.17. The summed E-state index contributed by atoms with van der Waals surface area (Å²) in [6, 6.07) is 7.89. The van der Waals surface area contributed by atoms with E-state index in [2.05, 4.69) is 10.3 Å². The fourth-order valence-electron chi connectivity index (χ4n) is 1.48. The number of benzene rings is 1. The Labute approximate surface area is 118 Å². The Kier molecular flexibility index (Phi) is 3.95. The third-order valence-electron chi connectivity index (χ3n) is 2.40. The summed E-state index contributed by atoms with van der Waals surface area (Å²) in [6.07, 6.45) is 0. The number of hydrogen-bond donors (Lipinski definition) is 2. The first kappa shape index (κ1) is 14.0. The van der Waals surface area contributed by atoms with Crippen LogP contribution >= 0.6 is 11.6 Å². The fraction of sp³-hybridized carbons (Fsp3) is 0. The molecular formula is C13H8ClFN2O3. The van der Waals surface area contributed by atoms with E-state index < -0.39 is 17.7 Å². The molecule has 0 saturated carbocycles. The molecule has 0 saturated heterocycles. The van der Waals surface area contributed by atoms with Crippen molar-refractivity contribution in [3.63, 3.8) is 0 Å². The van der Waals surface area contributed by atoms with Gasteiger partial charge in [0, 0.05) is 0 Å². The number of carboxylic acid groups (broad SMARTS) is 1. The standard InChI is InChI=1S/C13H8ClFN2O3/c14-7-3-1-4-8(15)11(7)17-12(18)9-5-2-6-10(16-9)13(19)20/h1-6H,(H,17,18)(H,19,20). The molecule has 0 spiro atoms. The Morgan fingerprint density at radius 2 is 1.80 bits per heavy atom. The number of carbonyl (C=O) groups excluding carboxylic acids is 1. The van der Waals surface area contributed by atoms with Gasteiger partial charge in [0.25, 0.3) is 5.91 Å². The summed E-state index contributed by atoms with van der Waals surface area (Å²) in [4.78, 5) is 26.3. The van der Waals surface area contributed by atoms with Crippen LogP contribution in [0.3, 0.4) is 0 Å². The average molecular weight is 295 g/mol. The Morgan fingerprint density at radius 3 is 2.45 bits per heavy atom. The molecule has 0 aliphatic rings. The number of aromatic carboxylic acids is 1. The minimum absolute atomic E-state index is 0.0349. The second kappa shape index (κ2) is 5.66. The zero-order valence-electron chi connectivity index (χ0n) is 9.93. The quantitative estimate of drug-likeness (QED) is 0.912. The van der Waals surface area contributed by atoms with Gasteiger partial charge in [-0.2, -0.15) is 0 Å². The van der Waals surface area contributed by atoms with Gasteiger partial charge in [0.15, 0.2) is 0 Å². The Hall–Kier alpha value is -2.47. The first-order valence-corrected chi connectivity index (χ1v) is 5.82. The highest BCUT2D eigenvalue weighted by Crippen LogP contribution is 2.24. The number of carboxylic acids is 1. The smallest absolute Gasteiger partial charge is 0.354 e. The molecule has 0 radical (unpaired) electrons. The van der Waals surface area contributed by atoms with Crippen molar-refractivity contribution < 1.29 is 19.1 Å². The summed E-state index contributed by atoms with van der Waals surface area (Å²) >= 11 is 5.77. The highest BCUT2D eigenvalue weighted by Gasteiger charge is 2.15. The van der Waals surface area contributed by atoms with Crippen molar-refractivity contribution in [1.29, 1.82) is 0 Å². The van der Waals surface area contributed by atoms with Crippen molar-refractivity contribution in [2.45, 2.75) is 0 Å². The molecule has 2 rings (SSSR count). The Balaban J connectivity index is 2.29. The molecule has 1 amide bonds. The molecule has 0 aliphatic carbocycles. The first-order valence-electron chi connectivity index (χ1n) is 5.45. The van der Waals surface area contributed by atoms with E-state index >= 15 is 0 Å². The number of para-hydroxylation sites is 1. The maximum atomic E-state index is 13.5. The summed E-state index contributed by atoms with van der Waals surface area (Å²) in [7, 11) is 0. The van der Waals surface area contributed by atoms with Crippen molar-refractivity contribution >= 4 is 29.2 Å². The second-order valence-electron chi connectivity index (χ2n) is 3.76. The molecule has 2 aromatic rings. The largest absolute Gasteiger partial charge is 0.477 e. The van der Waals surface area contributed by atoms with E-state index in [1.807, 2.05) is 0 Å². The topological polar surface area (TPSA) is 79.3 Å². The molecule has 0 fully saturated rings. The van der Waals surface area contributed by atoms with E-state index in [4.69, 9.17) is 16.7 Å². The van der Waals surface area contributed by atoms with Gasteiger partial charge in [-0.05, 0) is 24.3 Å². The molecule has 1 heterocycles. The Morgan fingerprint density at radius 1 is 1.15 bits per heavy atom. The molecule has 102 valence electrons. The number of rotatable bonds is 3. The lowest BCUT2D eigenvalue weighted by Crippen LogP contribution is -2.16. The van der Waals surface area contributed by atoms with Crippen molar-refractivity contribution in [1.82, 2.24) is 4.98 Å². The number of nitrogens with one attached hydrogen (secondary N) is 1. The van der Waals surface area contributed by atoms with E-state index in [0.29, 0.717) is 0 Å². The van der Waals surface area contributed by atoms with Crippen LogP contribution in [0.25, 0.3) is 0 Å². The predicted octanol–water partition coefficient (Wildman–Crippen LogP) is 2.82. The number of anilines is 1. The van der Waals surface area contributed by atoms with Gasteiger partial charge in [0.05, 0.1) is 10.7 Å². The molecule has 2 N–H and O–H groups in total. The Bertz CT molecular complexity index is 671. The van der Waals surface area contributed by atoms with Gasteiger partial charge in [-0.3, -0.25) is 4.79 Å². The van der Waals surface area contributed by atoms with Gasteiger partial charge < -0.3 is 10.4 Å². The van der Waals surface area contributed by atoms with E-state index in [-0.39, 0.29) is 22.1 Å². The molecule has 1 aromatic heterocycles.